The van der Waals surface area contributed by atoms with E-state index in [-0.39, 0.29) is 24.3 Å². The Morgan fingerprint density at radius 2 is 1.70 bits per heavy atom. The second-order valence-electron chi connectivity index (χ2n) is 8.33. The minimum atomic E-state index is -0.432. The largest absolute Gasteiger partial charge is 0.490 e. The van der Waals surface area contributed by atoms with E-state index < -0.39 is 6.04 Å². The molecule has 1 saturated heterocycles. The van der Waals surface area contributed by atoms with Gasteiger partial charge in [0.2, 0.25) is 5.91 Å². The first-order valence-electron chi connectivity index (χ1n) is 10.6. The van der Waals surface area contributed by atoms with Gasteiger partial charge in [0.15, 0.2) is 11.5 Å². The van der Waals surface area contributed by atoms with Gasteiger partial charge in [0.05, 0.1) is 31.4 Å². The van der Waals surface area contributed by atoms with E-state index >= 15 is 0 Å². The molecule has 1 fully saturated rings. The molecule has 5 rings (SSSR count). The number of carbonyl (C=O) groups is 2. The number of anilines is 1. The van der Waals surface area contributed by atoms with Crippen LogP contribution in [0.25, 0.3) is 0 Å². The van der Waals surface area contributed by atoms with Gasteiger partial charge in [0.25, 0.3) is 5.91 Å². The summed E-state index contributed by atoms with van der Waals surface area (Å²) in [5, 5.41) is 0. The molecule has 0 aliphatic carbocycles. The maximum absolute atomic E-state index is 13.3. The van der Waals surface area contributed by atoms with E-state index in [9.17, 15) is 9.59 Å². The Morgan fingerprint density at radius 3 is 2.43 bits per heavy atom. The highest BCUT2D eigenvalue weighted by atomic mass is 16.5. The van der Waals surface area contributed by atoms with Crippen LogP contribution in [0.2, 0.25) is 0 Å². The van der Waals surface area contributed by atoms with Crippen LogP contribution in [0.1, 0.15) is 42.5 Å². The molecule has 156 valence electrons. The Balaban J connectivity index is 1.42. The Morgan fingerprint density at radius 1 is 1.00 bits per heavy atom. The van der Waals surface area contributed by atoms with Crippen LogP contribution in [-0.2, 0) is 16.0 Å². The van der Waals surface area contributed by atoms with Crippen LogP contribution in [0, 0.1) is 6.92 Å². The molecule has 0 saturated carbocycles. The van der Waals surface area contributed by atoms with E-state index in [1.807, 2.05) is 31.2 Å². The molecule has 0 aromatic heterocycles. The van der Waals surface area contributed by atoms with E-state index in [2.05, 4.69) is 24.0 Å². The number of fused-ring (bicyclic) bond motifs is 2. The third-order valence-corrected chi connectivity index (χ3v) is 6.41. The Kier molecular flexibility index (Phi) is 4.74. The molecule has 2 atom stereocenters. The summed E-state index contributed by atoms with van der Waals surface area (Å²) in [4.78, 5) is 29.5. The number of hydrogen-bond acceptors (Lipinski definition) is 5. The van der Waals surface area contributed by atoms with Gasteiger partial charge in [-0.2, -0.15) is 0 Å². The number of benzene rings is 2. The summed E-state index contributed by atoms with van der Waals surface area (Å²) in [6.45, 7) is 6.14. The Bertz CT molecular complexity index is 1000. The third kappa shape index (κ3) is 3.16. The van der Waals surface area contributed by atoms with Gasteiger partial charge in [-0.3, -0.25) is 14.5 Å². The smallest absolute Gasteiger partial charge is 0.251 e. The minimum Gasteiger partial charge on any atom is -0.490 e. The normalized spacial score (nSPS) is 24.0. The number of amides is 2. The van der Waals surface area contributed by atoms with Crippen molar-refractivity contribution in [1.29, 1.82) is 0 Å². The highest BCUT2D eigenvalue weighted by Crippen LogP contribution is 2.41. The monoisotopic (exact) mass is 406 g/mol. The van der Waals surface area contributed by atoms with Crippen molar-refractivity contribution >= 4 is 17.5 Å². The number of aryl methyl sites for hydroxylation is 1. The molecule has 0 spiro atoms. The molecule has 30 heavy (non-hydrogen) atoms. The molecule has 2 aromatic carbocycles. The fourth-order valence-corrected chi connectivity index (χ4v) is 4.76. The molecule has 2 amide bonds. The highest BCUT2D eigenvalue weighted by molar-refractivity contribution is 6.22. The van der Waals surface area contributed by atoms with E-state index in [4.69, 9.17) is 9.47 Å². The average molecular weight is 406 g/mol. The lowest BCUT2D eigenvalue weighted by Crippen LogP contribution is -2.46. The van der Waals surface area contributed by atoms with E-state index in [0.29, 0.717) is 18.9 Å². The Labute approximate surface area is 176 Å². The summed E-state index contributed by atoms with van der Waals surface area (Å²) in [6.07, 6.45) is 1.91. The molecule has 0 bridgehead atoms. The molecule has 0 N–H and O–H groups in total. The summed E-state index contributed by atoms with van der Waals surface area (Å²) in [5.41, 5.74) is 4.13. The molecule has 3 heterocycles. The zero-order valence-electron chi connectivity index (χ0n) is 17.4. The van der Waals surface area contributed by atoms with E-state index in [0.717, 1.165) is 42.0 Å². The lowest BCUT2D eigenvalue weighted by molar-refractivity contribution is -0.123. The zero-order chi connectivity index (χ0) is 20.8. The molecular weight excluding hydrogens is 380 g/mol. The van der Waals surface area contributed by atoms with Crippen molar-refractivity contribution in [3.63, 3.8) is 0 Å². The van der Waals surface area contributed by atoms with Crippen LogP contribution in [0.15, 0.2) is 36.4 Å². The molecule has 6 heteroatoms. The van der Waals surface area contributed by atoms with Crippen molar-refractivity contribution in [2.24, 2.45) is 0 Å². The second-order valence-corrected chi connectivity index (χ2v) is 8.33. The van der Waals surface area contributed by atoms with E-state index in [1.54, 1.807) is 0 Å². The molecular formula is C24H26N2O4. The van der Waals surface area contributed by atoms with Crippen LogP contribution in [-0.4, -0.2) is 42.5 Å². The standard InChI is InChI=1S/C24H26N2O4/c1-15-4-6-18(7-5-15)26-23(27)14-20(24(26)28)25-9-8-17-12-21-22(13-19(17)16(25)2)30-11-3-10-29-21/h4-7,12-13,16,20H,3,8-11,14H2,1-2H3/t16-,20+/m0/s1. The summed E-state index contributed by atoms with van der Waals surface area (Å²) in [7, 11) is 0. The van der Waals surface area contributed by atoms with Crippen LogP contribution in [0.4, 0.5) is 5.69 Å². The summed E-state index contributed by atoms with van der Waals surface area (Å²) in [6, 6.07) is 11.3. The lowest BCUT2D eigenvalue weighted by atomic mass is 9.91. The molecule has 6 nitrogen and oxygen atoms in total. The topological polar surface area (TPSA) is 59.1 Å². The number of ether oxygens (including phenoxy) is 2. The quantitative estimate of drug-likeness (QED) is 0.716. The highest BCUT2D eigenvalue weighted by Gasteiger charge is 2.45. The van der Waals surface area contributed by atoms with Gasteiger partial charge >= 0.3 is 0 Å². The summed E-state index contributed by atoms with van der Waals surface area (Å²) >= 11 is 0. The first-order chi connectivity index (χ1) is 14.5. The van der Waals surface area contributed by atoms with Gasteiger partial charge < -0.3 is 9.47 Å². The molecule has 2 aromatic rings. The third-order valence-electron chi connectivity index (χ3n) is 6.41. The first-order valence-corrected chi connectivity index (χ1v) is 10.6. The number of imide groups is 1. The summed E-state index contributed by atoms with van der Waals surface area (Å²) < 4.78 is 11.7. The average Bonchev–Trinajstić information content (AvgIpc) is 2.90. The van der Waals surface area contributed by atoms with Crippen molar-refractivity contribution in [2.75, 3.05) is 24.7 Å². The summed E-state index contributed by atoms with van der Waals surface area (Å²) in [5.74, 6) is 1.32. The van der Waals surface area contributed by atoms with Crippen molar-refractivity contribution in [3.05, 3.63) is 53.1 Å². The van der Waals surface area contributed by atoms with Crippen LogP contribution < -0.4 is 14.4 Å². The number of carbonyl (C=O) groups excluding carboxylic acids is 2. The predicted molar refractivity (Wildman–Crippen MR) is 113 cm³/mol. The minimum absolute atomic E-state index is 0.0191. The van der Waals surface area contributed by atoms with Gasteiger partial charge in [-0.25, -0.2) is 4.90 Å². The predicted octanol–water partition coefficient (Wildman–Crippen LogP) is 3.41. The van der Waals surface area contributed by atoms with E-state index in [1.165, 1.54) is 10.5 Å². The lowest BCUT2D eigenvalue weighted by Gasteiger charge is -2.38. The van der Waals surface area contributed by atoms with Gasteiger partial charge in [0, 0.05) is 19.0 Å². The fourth-order valence-electron chi connectivity index (χ4n) is 4.76. The molecule has 3 aliphatic heterocycles. The number of rotatable bonds is 2. The van der Waals surface area contributed by atoms with Crippen molar-refractivity contribution < 1.29 is 19.1 Å². The van der Waals surface area contributed by atoms with Gasteiger partial charge in [-0.05, 0) is 55.7 Å². The van der Waals surface area contributed by atoms with Crippen LogP contribution >= 0.6 is 0 Å². The Hall–Kier alpha value is -2.86. The first kappa shape index (κ1) is 19.1. The number of hydrogen-bond donors (Lipinski definition) is 0. The van der Waals surface area contributed by atoms with Crippen LogP contribution in [0.3, 0.4) is 0 Å². The number of nitrogens with zero attached hydrogens (tertiary/aromatic N) is 2. The second kappa shape index (κ2) is 7.43. The zero-order valence-corrected chi connectivity index (χ0v) is 17.4. The van der Waals surface area contributed by atoms with Gasteiger partial charge in [-0.15, -0.1) is 0 Å². The maximum atomic E-state index is 13.3. The van der Waals surface area contributed by atoms with Crippen LogP contribution in [0.5, 0.6) is 11.5 Å². The molecule has 0 radical (unpaired) electrons. The fraction of sp³-hybridized carbons (Fsp3) is 0.417. The molecule has 3 aliphatic rings. The maximum Gasteiger partial charge on any atom is 0.251 e. The van der Waals surface area contributed by atoms with Crippen molar-refractivity contribution in [1.82, 2.24) is 4.90 Å². The molecule has 0 unspecified atom stereocenters. The van der Waals surface area contributed by atoms with Gasteiger partial charge in [-0.1, -0.05) is 17.7 Å². The van der Waals surface area contributed by atoms with Gasteiger partial charge in [0.1, 0.15) is 0 Å². The van der Waals surface area contributed by atoms with Crippen molar-refractivity contribution in [3.8, 4) is 11.5 Å². The van der Waals surface area contributed by atoms with Crippen molar-refractivity contribution in [2.45, 2.75) is 45.2 Å². The SMILES string of the molecule is Cc1ccc(N2C(=O)C[C@@H](N3CCc4cc5c(cc4[C@@H]3C)OCCCO5)C2=O)cc1.